The molecule has 0 spiro atoms. The van der Waals surface area contributed by atoms with Crippen molar-refractivity contribution >= 4 is 14.6 Å². The minimum absolute atomic E-state index is 0.185. The molecule has 152 valence electrons. The summed E-state index contributed by atoms with van der Waals surface area (Å²) in [4.78, 5) is 0. The lowest BCUT2D eigenvalue weighted by molar-refractivity contribution is -0.0660. The van der Waals surface area contributed by atoms with Crippen molar-refractivity contribution in [2.24, 2.45) is 5.73 Å². The summed E-state index contributed by atoms with van der Waals surface area (Å²) in [5.41, 5.74) is 6.94. The first-order valence-corrected chi connectivity index (χ1v) is 11.9. The van der Waals surface area contributed by atoms with Crippen LogP contribution in [0.1, 0.15) is 45.1 Å². The summed E-state index contributed by atoms with van der Waals surface area (Å²) in [6, 6.07) is 11.2. The Morgan fingerprint density at radius 3 is 2.41 bits per heavy atom. The molecular formula is C21H36N2O3Si. The van der Waals surface area contributed by atoms with Crippen molar-refractivity contribution in [1.82, 2.24) is 5.32 Å². The first-order valence-electron chi connectivity index (χ1n) is 9.88. The molecule has 1 aromatic carbocycles. The summed E-state index contributed by atoms with van der Waals surface area (Å²) < 4.78 is 18.7. The molecule has 1 fully saturated rings. The lowest BCUT2D eigenvalue weighted by Gasteiger charge is -2.59. The van der Waals surface area contributed by atoms with Gasteiger partial charge in [-0.3, -0.25) is 5.32 Å². The fourth-order valence-corrected chi connectivity index (χ4v) is 9.01. The minimum Gasteiger partial charge on any atom is -0.396 e. The van der Waals surface area contributed by atoms with Crippen LogP contribution >= 0.6 is 0 Å². The first kappa shape index (κ1) is 22.3. The van der Waals surface area contributed by atoms with Gasteiger partial charge in [0.15, 0.2) is 0 Å². The van der Waals surface area contributed by atoms with E-state index in [1.807, 2.05) is 25.1 Å². The largest absolute Gasteiger partial charge is 0.396 e. The first-order chi connectivity index (χ1) is 12.9. The molecule has 3 N–H and O–H groups in total. The molecule has 0 aromatic heterocycles. The molecule has 1 aliphatic heterocycles. The molecule has 27 heavy (non-hydrogen) atoms. The van der Waals surface area contributed by atoms with Gasteiger partial charge in [-0.1, -0.05) is 55.8 Å². The molecule has 0 aliphatic carbocycles. The maximum atomic E-state index is 6.36. The van der Waals surface area contributed by atoms with E-state index in [9.17, 15) is 0 Å². The van der Waals surface area contributed by atoms with E-state index < -0.39 is 19.3 Å². The molecule has 0 saturated carbocycles. The molecular weight excluding hydrogens is 356 g/mol. The van der Waals surface area contributed by atoms with Gasteiger partial charge in [0.25, 0.3) is 0 Å². The van der Waals surface area contributed by atoms with E-state index in [2.05, 4.69) is 36.5 Å². The molecule has 5 nitrogen and oxygen atoms in total. The van der Waals surface area contributed by atoms with Gasteiger partial charge < -0.3 is 19.3 Å². The molecule has 0 bridgehead atoms. The maximum Gasteiger partial charge on any atom is 0.373 e. The lowest BCUT2D eigenvalue weighted by Crippen LogP contribution is -2.80. The highest BCUT2D eigenvalue weighted by Crippen LogP contribution is 2.50. The second kappa shape index (κ2) is 9.45. The molecule has 6 heteroatoms. The van der Waals surface area contributed by atoms with Crippen LogP contribution < -0.4 is 11.1 Å². The number of methoxy groups -OCH3 is 1. The summed E-state index contributed by atoms with van der Waals surface area (Å²) in [7, 11) is 2.65. The van der Waals surface area contributed by atoms with Crippen molar-refractivity contribution in [3.05, 3.63) is 42.0 Å². The Morgan fingerprint density at radius 2 is 1.89 bits per heavy atom. The SMILES string of the molecule is CCCC1(OC)C(C=Cc2ccccc2)(NC(C)N)CCC[Si]1(OC)OC. The molecule has 1 aliphatic rings. The Kier molecular flexibility index (Phi) is 7.80. The third kappa shape index (κ3) is 4.06. The zero-order valence-electron chi connectivity index (χ0n) is 17.5. The topological polar surface area (TPSA) is 65.7 Å². The van der Waals surface area contributed by atoms with Crippen LogP contribution in [0.5, 0.6) is 0 Å². The van der Waals surface area contributed by atoms with Gasteiger partial charge in [0.05, 0.1) is 11.7 Å². The molecule has 0 amide bonds. The number of hydrogen-bond acceptors (Lipinski definition) is 5. The second-order valence-corrected chi connectivity index (χ2v) is 11.1. The molecule has 1 aromatic rings. The van der Waals surface area contributed by atoms with Crippen molar-refractivity contribution < 1.29 is 13.6 Å². The van der Waals surface area contributed by atoms with E-state index in [1.165, 1.54) is 0 Å². The van der Waals surface area contributed by atoms with Crippen LogP contribution in [0.4, 0.5) is 0 Å². The Balaban J connectivity index is 2.64. The van der Waals surface area contributed by atoms with Gasteiger partial charge in [0.2, 0.25) is 0 Å². The highest BCUT2D eigenvalue weighted by molar-refractivity contribution is 6.71. The molecule has 3 atom stereocenters. The highest BCUT2D eigenvalue weighted by atomic mass is 28.4. The van der Waals surface area contributed by atoms with E-state index >= 15 is 0 Å². The van der Waals surface area contributed by atoms with Gasteiger partial charge in [-0.2, -0.15) is 0 Å². The molecule has 1 saturated heterocycles. The fourth-order valence-electron chi connectivity index (χ4n) is 4.83. The number of hydrogen-bond donors (Lipinski definition) is 2. The van der Waals surface area contributed by atoms with Gasteiger partial charge >= 0.3 is 8.56 Å². The van der Waals surface area contributed by atoms with Crippen LogP contribution in [0.2, 0.25) is 6.04 Å². The molecule has 1 heterocycles. The lowest BCUT2D eigenvalue weighted by atomic mass is 9.82. The van der Waals surface area contributed by atoms with E-state index in [0.717, 1.165) is 37.3 Å². The monoisotopic (exact) mass is 392 g/mol. The Hall–Kier alpha value is -1.02. The third-order valence-electron chi connectivity index (χ3n) is 5.87. The van der Waals surface area contributed by atoms with E-state index in [0.29, 0.717) is 0 Å². The highest BCUT2D eigenvalue weighted by Gasteiger charge is 2.68. The number of benzene rings is 1. The second-order valence-electron chi connectivity index (χ2n) is 7.44. The van der Waals surface area contributed by atoms with E-state index in [-0.39, 0.29) is 6.17 Å². The van der Waals surface area contributed by atoms with Gasteiger partial charge in [0.1, 0.15) is 5.22 Å². The Labute approximate surface area is 165 Å². The van der Waals surface area contributed by atoms with Gasteiger partial charge in [-0.25, -0.2) is 0 Å². The van der Waals surface area contributed by atoms with Crippen LogP contribution in [-0.4, -0.2) is 46.8 Å². The standard InChI is InChI=1S/C21H36N2O3Si/c1-6-14-21(24-3)20(23-18(2)22,15-10-17-27(21,25-4)26-5)16-13-19-11-8-7-9-12-19/h7-9,11-13,16,18,23H,6,10,14-15,17,22H2,1-5H3. The summed E-state index contributed by atoms with van der Waals surface area (Å²) in [6.45, 7) is 4.15. The number of ether oxygens (including phenoxy) is 1. The van der Waals surface area contributed by atoms with Crippen molar-refractivity contribution in [2.75, 3.05) is 21.3 Å². The summed E-state index contributed by atoms with van der Waals surface area (Å²) in [5.74, 6) is 0. The third-order valence-corrected chi connectivity index (χ3v) is 10.3. The van der Waals surface area contributed by atoms with Crippen molar-refractivity contribution in [3.63, 3.8) is 0 Å². The van der Waals surface area contributed by atoms with Crippen molar-refractivity contribution in [2.45, 2.75) is 62.5 Å². The normalized spacial score (nSPS) is 29.1. The summed E-state index contributed by atoms with van der Waals surface area (Å²) in [6.07, 6.45) is 7.95. The van der Waals surface area contributed by atoms with Crippen molar-refractivity contribution in [3.8, 4) is 0 Å². The smallest absolute Gasteiger partial charge is 0.373 e. The van der Waals surface area contributed by atoms with Crippen LogP contribution in [0.3, 0.4) is 0 Å². The molecule has 3 unspecified atom stereocenters. The van der Waals surface area contributed by atoms with Crippen LogP contribution in [-0.2, 0) is 13.6 Å². The zero-order chi connectivity index (χ0) is 20.0. The van der Waals surface area contributed by atoms with Gasteiger partial charge in [-0.05, 0) is 37.8 Å². The fraction of sp³-hybridized carbons (Fsp3) is 0.619. The van der Waals surface area contributed by atoms with E-state index in [1.54, 1.807) is 21.3 Å². The zero-order valence-corrected chi connectivity index (χ0v) is 18.5. The minimum atomic E-state index is -2.66. The number of nitrogens with one attached hydrogen (secondary N) is 1. The maximum absolute atomic E-state index is 6.36. The number of nitrogens with two attached hydrogens (primary N) is 1. The predicted octanol–water partition coefficient (Wildman–Crippen LogP) is 3.59. The quantitative estimate of drug-likeness (QED) is 0.497. The van der Waals surface area contributed by atoms with Gasteiger partial charge in [0, 0.05) is 21.3 Å². The Bertz CT molecular complexity index is 607. The average Bonchev–Trinajstić information content (AvgIpc) is 2.68. The molecule has 2 rings (SSSR count). The van der Waals surface area contributed by atoms with Crippen LogP contribution in [0.25, 0.3) is 6.08 Å². The summed E-state index contributed by atoms with van der Waals surface area (Å²) >= 11 is 0. The van der Waals surface area contributed by atoms with Crippen LogP contribution in [0, 0.1) is 0 Å². The van der Waals surface area contributed by atoms with Crippen LogP contribution in [0.15, 0.2) is 36.4 Å². The predicted molar refractivity (Wildman–Crippen MR) is 113 cm³/mol. The van der Waals surface area contributed by atoms with Gasteiger partial charge in [-0.15, -0.1) is 0 Å². The average molecular weight is 393 g/mol. The molecule has 0 radical (unpaired) electrons. The van der Waals surface area contributed by atoms with Crippen molar-refractivity contribution in [1.29, 1.82) is 0 Å². The van der Waals surface area contributed by atoms with E-state index in [4.69, 9.17) is 19.3 Å². The summed E-state index contributed by atoms with van der Waals surface area (Å²) in [5, 5.41) is 3.08. The Morgan fingerprint density at radius 1 is 1.22 bits per heavy atom. The number of rotatable bonds is 9.